The van der Waals surface area contributed by atoms with E-state index < -0.39 is 17.9 Å². The fourth-order valence-corrected chi connectivity index (χ4v) is 3.81. The number of hydrogen-bond donors (Lipinski definition) is 3. The molecule has 25 heavy (non-hydrogen) atoms. The van der Waals surface area contributed by atoms with E-state index in [9.17, 15) is 15.0 Å². The SMILES string of the molecule is C[C@H](O)CCC/C=C/[C@@H]1C[C@@H]2OC(C)(C)O[C@@H]2[C@H]1C(O)/C=C/C(=O)O. The van der Waals surface area contributed by atoms with Crippen molar-refractivity contribution in [3.63, 3.8) is 0 Å². The summed E-state index contributed by atoms with van der Waals surface area (Å²) in [7, 11) is 0. The first kappa shape index (κ1) is 20.1. The second-order valence-corrected chi connectivity index (χ2v) is 7.51. The van der Waals surface area contributed by atoms with Crippen molar-refractivity contribution in [1.82, 2.24) is 0 Å². The van der Waals surface area contributed by atoms with Gasteiger partial charge in [-0.15, -0.1) is 0 Å². The molecule has 142 valence electrons. The molecule has 2 aliphatic rings. The number of carbonyl (C=O) groups is 1. The summed E-state index contributed by atoms with van der Waals surface area (Å²) in [5, 5.41) is 28.6. The van der Waals surface area contributed by atoms with Gasteiger partial charge < -0.3 is 24.8 Å². The molecule has 3 N–H and O–H groups in total. The smallest absolute Gasteiger partial charge is 0.328 e. The number of fused-ring (bicyclic) bond motifs is 1. The number of rotatable bonds is 8. The minimum absolute atomic E-state index is 0.0612. The summed E-state index contributed by atoms with van der Waals surface area (Å²) >= 11 is 0. The molecule has 6 heteroatoms. The van der Waals surface area contributed by atoms with Crippen molar-refractivity contribution in [3.8, 4) is 0 Å². The summed E-state index contributed by atoms with van der Waals surface area (Å²) in [5.74, 6) is -1.94. The third kappa shape index (κ3) is 5.64. The standard InChI is InChI=1S/C19H30O6/c1-12(20)7-5-4-6-8-13-11-15-18(25-19(2,3)24-15)17(13)14(21)9-10-16(22)23/h6,8-10,12-15,17-18,20-21H,4-5,7,11H2,1-3H3,(H,22,23)/b8-6+,10-9+/t12-,13+,14?,15-,17+,18-/m0/s1. The van der Waals surface area contributed by atoms with Gasteiger partial charge in [0.15, 0.2) is 5.79 Å². The number of aliphatic hydroxyl groups is 2. The zero-order chi connectivity index (χ0) is 18.6. The first-order valence-electron chi connectivity index (χ1n) is 8.99. The van der Waals surface area contributed by atoms with Gasteiger partial charge in [0.1, 0.15) is 0 Å². The van der Waals surface area contributed by atoms with Crippen LogP contribution in [0, 0.1) is 11.8 Å². The quantitative estimate of drug-likeness (QED) is 0.351. The predicted molar refractivity (Wildman–Crippen MR) is 92.9 cm³/mol. The van der Waals surface area contributed by atoms with Crippen LogP contribution in [0.5, 0.6) is 0 Å². The van der Waals surface area contributed by atoms with Gasteiger partial charge in [-0.2, -0.15) is 0 Å². The molecule has 0 spiro atoms. The number of hydrogen-bond acceptors (Lipinski definition) is 5. The lowest BCUT2D eigenvalue weighted by Crippen LogP contribution is -2.34. The van der Waals surface area contributed by atoms with Gasteiger partial charge in [-0.3, -0.25) is 0 Å². The number of unbranched alkanes of at least 4 members (excludes halogenated alkanes) is 1. The number of carboxylic acid groups (broad SMARTS) is 1. The Morgan fingerprint density at radius 3 is 2.68 bits per heavy atom. The van der Waals surface area contributed by atoms with E-state index in [1.807, 2.05) is 13.8 Å². The Bertz CT molecular complexity index is 510. The van der Waals surface area contributed by atoms with Gasteiger partial charge in [-0.05, 0) is 58.4 Å². The Labute approximate surface area is 149 Å². The molecule has 1 heterocycles. The van der Waals surface area contributed by atoms with Gasteiger partial charge in [0.25, 0.3) is 0 Å². The highest BCUT2D eigenvalue weighted by atomic mass is 16.8. The van der Waals surface area contributed by atoms with Crippen LogP contribution in [0.2, 0.25) is 0 Å². The van der Waals surface area contributed by atoms with E-state index >= 15 is 0 Å². The first-order valence-corrected chi connectivity index (χ1v) is 8.99. The number of allylic oxidation sites excluding steroid dienone is 2. The highest BCUT2D eigenvalue weighted by Crippen LogP contribution is 2.46. The maximum atomic E-state index is 10.7. The van der Waals surface area contributed by atoms with Crippen LogP contribution in [0.4, 0.5) is 0 Å². The van der Waals surface area contributed by atoms with Crippen LogP contribution in [-0.2, 0) is 14.3 Å². The lowest BCUT2D eigenvalue weighted by Gasteiger charge is -2.27. The second-order valence-electron chi connectivity index (χ2n) is 7.51. The number of carboxylic acids is 1. The fraction of sp³-hybridized carbons (Fsp3) is 0.737. The highest BCUT2D eigenvalue weighted by Gasteiger charge is 2.54. The number of ether oxygens (including phenoxy) is 2. The third-order valence-corrected chi connectivity index (χ3v) is 4.81. The summed E-state index contributed by atoms with van der Waals surface area (Å²) in [6.07, 6.45) is 8.14. The van der Waals surface area contributed by atoms with Crippen LogP contribution in [0.3, 0.4) is 0 Å². The Morgan fingerprint density at radius 2 is 2.04 bits per heavy atom. The molecule has 0 radical (unpaired) electrons. The molecule has 6 atom stereocenters. The van der Waals surface area contributed by atoms with Crippen LogP contribution in [0.15, 0.2) is 24.3 Å². The molecule has 1 saturated carbocycles. The molecule has 2 rings (SSSR count). The molecule has 1 aliphatic heterocycles. The van der Waals surface area contributed by atoms with Gasteiger partial charge in [0.05, 0.1) is 24.4 Å². The van der Waals surface area contributed by atoms with E-state index in [-0.39, 0.29) is 30.1 Å². The lowest BCUT2D eigenvalue weighted by molar-refractivity contribution is -0.162. The van der Waals surface area contributed by atoms with E-state index in [0.717, 1.165) is 31.8 Å². The Kier molecular flexibility index (Phi) is 6.79. The topological polar surface area (TPSA) is 96.2 Å². The van der Waals surface area contributed by atoms with Crippen molar-refractivity contribution >= 4 is 5.97 Å². The van der Waals surface area contributed by atoms with Crippen molar-refractivity contribution in [3.05, 3.63) is 24.3 Å². The summed E-state index contributed by atoms with van der Waals surface area (Å²) in [6, 6.07) is 0. The molecule has 2 fully saturated rings. The molecule has 0 aromatic heterocycles. The van der Waals surface area contributed by atoms with E-state index in [1.54, 1.807) is 6.92 Å². The summed E-state index contributed by atoms with van der Waals surface area (Å²) in [4.78, 5) is 10.7. The molecule has 6 nitrogen and oxygen atoms in total. The van der Waals surface area contributed by atoms with Crippen LogP contribution < -0.4 is 0 Å². The Hall–Kier alpha value is -1.21. The van der Waals surface area contributed by atoms with Crippen molar-refractivity contribution < 1.29 is 29.6 Å². The minimum atomic E-state index is -1.08. The van der Waals surface area contributed by atoms with Crippen molar-refractivity contribution in [2.24, 2.45) is 11.8 Å². The van der Waals surface area contributed by atoms with Crippen molar-refractivity contribution in [2.75, 3.05) is 0 Å². The fourth-order valence-electron chi connectivity index (χ4n) is 3.81. The average molecular weight is 354 g/mol. The Balaban J connectivity index is 2.04. The van der Waals surface area contributed by atoms with Gasteiger partial charge in [0, 0.05) is 12.0 Å². The zero-order valence-electron chi connectivity index (χ0n) is 15.2. The van der Waals surface area contributed by atoms with Gasteiger partial charge in [0.2, 0.25) is 0 Å². The normalized spacial score (nSPS) is 33.8. The summed E-state index contributed by atoms with van der Waals surface area (Å²) in [6.45, 7) is 5.48. The third-order valence-electron chi connectivity index (χ3n) is 4.81. The van der Waals surface area contributed by atoms with Gasteiger partial charge in [-0.25, -0.2) is 4.79 Å². The molecule has 1 unspecified atom stereocenters. The van der Waals surface area contributed by atoms with Crippen molar-refractivity contribution in [1.29, 1.82) is 0 Å². The molecular weight excluding hydrogens is 324 g/mol. The van der Waals surface area contributed by atoms with Crippen LogP contribution >= 0.6 is 0 Å². The zero-order valence-corrected chi connectivity index (χ0v) is 15.2. The summed E-state index contributed by atoms with van der Waals surface area (Å²) in [5.41, 5.74) is 0. The maximum absolute atomic E-state index is 10.7. The predicted octanol–water partition coefficient (Wildman–Crippen LogP) is 2.25. The molecular formula is C19H30O6. The number of aliphatic hydroxyl groups excluding tert-OH is 2. The number of aliphatic carboxylic acids is 1. The van der Waals surface area contributed by atoms with Gasteiger partial charge >= 0.3 is 5.97 Å². The van der Waals surface area contributed by atoms with Crippen LogP contribution in [-0.4, -0.2) is 51.5 Å². The minimum Gasteiger partial charge on any atom is -0.478 e. The second kappa shape index (κ2) is 8.45. The lowest BCUT2D eigenvalue weighted by atomic mass is 9.88. The first-order chi connectivity index (χ1) is 11.7. The van der Waals surface area contributed by atoms with Crippen LogP contribution in [0.1, 0.15) is 46.5 Å². The van der Waals surface area contributed by atoms with E-state index in [2.05, 4.69) is 12.2 Å². The molecule has 1 aliphatic carbocycles. The van der Waals surface area contributed by atoms with E-state index in [1.165, 1.54) is 6.08 Å². The van der Waals surface area contributed by atoms with Crippen molar-refractivity contribution in [2.45, 2.75) is 76.7 Å². The molecule has 0 aromatic rings. The largest absolute Gasteiger partial charge is 0.478 e. The maximum Gasteiger partial charge on any atom is 0.328 e. The Morgan fingerprint density at radius 1 is 1.32 bits per heavy atom. The van der Waals surface area contributed by atoms with E-state index in [0.29, 0.717) is 0 Å². The summed E-state index contributed by atoms with van der Waals surface area (Å²) < 4.78 is 11.9. The molecule has 0 bridgehead atoms. The molecule has 0 aromatic carbocycles. The molecule has 0 amide bonds. The highest BCUT2D eigenvalue weighted by molar-refractivity contribution is 5.79. The van der Waals surface area contributed by atoms with E-state index in [4.69, 9.17) is 14.6 Å². The molecule has 1 saturated heterocycles. The van der Waals surface area contributed by atoms with Gasteiger partial charge in [-0.1, -0.05) is 12.2 Å². The monoisotopic (exact) mass is 354 g/mol. The average Bonchev–Trinajstić information content (AvgIpc) is 2.95. The van der Waals surface area contributed by atoms with Crippen LogP contribution in [0.25, 0.3) is 0 Å².